The lowest BCUT2D eigenvalue weighted by Crippen LogP contribution is -2.35. The normalized spacial score (nSPS) is 10.0. The van der Waals surface area contributed by atoms with Gasteiger partial charge in [-0.25, -0.2) is 0 Å². The van der Waals surface area contributed by atoms with E-state index < -0.39 is 0 Å². The number of amides is 2. The number of nitrogens with one attached hydrogen (secondary N) is 2. The molecule has 0 atom stereocenters. The van der Waals surface area contributed by atoms with Crippen molar-refractivity contribution in [2.24, 2.45) is 0 Å². The average molecular weight is 407 g/mol. The van der Waals surface area contributed by atoms with Gasteiger partial charge in [0.15, 0.2) is 6.61 Å². The summed E-state index contributed by atoms with van der Waals surface area (Å²) in [7, 11) is 1.53. The lowest BCUT2D eigenvalue weighted by Gasteiger charge is -2.11. The Morgan fingerprint density at radius 3 is 2.48 bits per heavy atom. The summed E-state index contributed by atoms with van der Waals surface area (Å²) in [5.74, 6) is 0.409. The minimum absolute atomic E-state index is 0.153. The molecule has 0 fully saturated rings. The largest absolute Gasteiger partial charge is 0.495 e. The number of rotatable bonds is 7. The van der Waals surface area contributed by atoms with Gasteiger partial charge in [-0.05, 0) is 48.9 Å². The van der Waals surface area contributed by atoms with Gasteiger partial charge < -0.3 is 20.1 Å². The summed E-state index contributed by atoms with van der Waals surface area (Å²) in [5.41, 5.74) is 1.55. The highest BCUT2D eigenvalue weighted by Gasteiger charge is 2.10. The van der Waals surface area contributed by atoms with Crippen LogP contribution in [-0.2, 0) is 9.59 Å². The van der Waals surface area contributed by atoms with Crippen LogP contribution in [0.1, 0.15) is 5.56 Å². The number of ether oxygens (including phenoxy) is 2. The maximum Gasteiger partial charge on any atom is 0.258 e. The third kappa shape index (κ3) is 6.11. The maximum atomic E-state index is 12.0. The summed E-state index contributed by atoms with van der Waals surface area (Å²) >= 11 is 3.32. The highest BCUT2D eigenvalue weighted by Crippen LogP contribution is 2.24. The second-order valence-corrected chi connectivity index (χ2v) is 6.19. The molecule has 0 aromatic heterocycles. The van der Waals surface area contributed by atoms with E-state index in [0.717, 1.165) is 10.0 Å². The zero-order valence-corrected chi connectivity index (χ0v) is 15.6. The molecule has 0 unspecified atom stereocenters. The van der Waals surface area contributed by atoms with Crippen molar-refractivity contribution in [3.8, 4) is 11.5 Å². The van der Waals surface area contributed by atoms with E-state index in [4.69, 9.17) is 9.47 Å². The highest BCUT2D eigenvalue weighted by atomic mass is 79.9. The number of aryl methyl sites for hydroxylation is 1. The van der Waals surface area contributed by atoms with Gasteiger partial charge in [-0.1, -0.05) is 22.0 Å². The van der Waals surface area contributed by atoms with Crippen molar-refractivity contribution in [3.05, 3.63) is 52.5 Å². The Bertz CT molecular complexity index is 747. The van der Waals surface area contributed by atoms with E-state index in [1.165, 1.54) is 7.11 Å². The SMILES string of the molecule is COc1ccc(C)cc1NC(=O)CNC(=O)COc1ccc(Br)cc1. The predicted octanol–water partition coefficient (Wildman–Crippen LogP) is 2.90. The van der Waals surface area contributed by atoms with E-state index in [2.05, 4.69) is 26.6 Å². The predicted molar refractivity (Wildman–Crippen MR) is 99.0 cm³/mol. The van der Waals surface area contributed by atoms with E-state index in [1.807, 2.05) is 25.1 Å². The molecule has 2 N–H and O–H groups in total. The maximum absolute atomic E-state index is 12.0. The van der Waals surface area contributed by atoms with Gasteiger partial charge in [0.25, 0.3) is 5.91 Å². The standard InChI is InChI=1S/C18H19BrN2O4/c1-12-3-8-16(24-2)15(9-12)21-17(22)10-20-18(23)11-25-14-6-4-13(19)5-7-14/h3-9H,10-11H2,1-2H3,(H,20,23)(H,21,22). The molecule has 2 aromatic rings. The fourth-order valence-corrected chi connectivity index (χ4v) is 2.29. The van der Waals surface area contributed by atoms with Gasteiger partial charge in [0.05, 0.1) is 19.3 Å². The first-order valence-corrected chi connectivity index (χ1v) is 8.37. The lowest BCUT2D eigenvalue weighted by molar-refractivity contribution is -0.125. The molecule has 2 amide bonds. The molecule has 0 spiro atoms. The molecule has 2 rings (SSSR count). The van der Waals surface area contributed by atoms with Crippen molar-refractivity contribution >= 4 is 33.4 Å². The van der Waals surface area contributed by atoms with E-state index in [1.54, 1.807) is 24.3 Å². The monoisotopic (exact) mass is 406 g/mol. The number of carbonyl (C=O) groups is 2. The molecule has 7 heteroatoms. The number of hydrogen-bond donors (Lipinski definition) is 2. The van der Waals surface area contributed by atoms with E-state index >= 15 is 0 Å². The quantitative estimate of drug-likeness (QED) is 0.740. The van der Waals surface area contributed by atoms with Crippen molar-refractivity contribution in [2.75, 3.05) is 25.6 Å². The number of carbonyl (C=O) groups excluding carboxylic acids is 2. The highest BCUT2D eigenvalue weighted by molar-refractivity contribution is 9.10. The Morgan fingerprint density at radius 1 is 1.08 bits per heavy atom. The van der Waals surface area contributed by atoms with Gasteiger partial charge in [-0.3, -0.25) is 9.59 Å². The van der Waals surface area contributed by atoms with Crippen LogP contribution in [0.2, 0.25) is 0 Å². The molecule has 0 saturated heterocycles. The van der Waals surface area contributed by atoms with Gasteiger partial charge in [0, 0.05) is 4.47 Å². The van der Waals surface area contributed by atoms with Gasteiger partial charge >= 0.3 is 0 Å². The first-order chi connectivity index (χ1) is 12.0. The molecule has 0 aliphatic rings. The minimum atomic E-state index is -0.380. The fourth-order valence-electron chi connectivity index (χ4n) is 2.02. The van der Waals surface area contributed by atoms with E-state index in [0.29, 0.717) is 17.2 Å². The molecule has 132 valence electrons. The average Bonchev–Trinajstić information content (AvgIpc) is 2.59. The van der Waals surface area contributed by atoms with Crippen LogP contribution in [0.4, 0.5) is 5.69 Å². The van der Waals surface area contributed by atoms with Crippen LogP contribution in [0.5, 0.6) is 11.5 Å². The topological polar surface area (TPSA) is 76.7 Å². The Labute approximate surface area is 154 Å². The van der Waals surface area contributed by atoms with Gasteiger partial charge in [-0.2, -0.15) is 0 Å². The zero-order valence-electron chi connectivity index (χ0n) is 14.0. The number of hydrogen-bond acceptors (Lipinski definition) is 4. The summed E-state index contributed by atoms with van der Waals surface area (Å²) in [4.78, 5) is 23.7. The van der Waals surface area contributed by atoms with Crippen molar-refractivity contribution in [1.82, 2.24) is 5.32 Å². The Balaban J connectivity index is 1.78. The summed E-state index contributed by atoms with van der Waals surface area (Å²) < 4.78 is 11.5. The molecule has 0 bridgehead atoms. The minimum Gasteiger partial charge on any atom is -0.495 e. The third-order valence-electron chi connectivity index (χ3n) is 3.26. The molecule has 0 aliphatic carbocycles. The van der Waals surface area contributed by atoms with Crippen LogP contribution < -0.4 is 20.1 Å². The second kappa shape index (κ2) is 9.08. The number of methoxy groups -OCH3 is 1. The van der Waals surface area contributed by atoms with Crippen LogP contribution in [0.3, 0.4) is 0 Å². The van der Waals surface area contributed by atoms with Gasteiger partial charge in [0.2, 0.25) is 5.91 Å². The van der Waals surface area contributed by atoms with Crippen molar-refractivity contribution < 1.29 is 19.1 Å². The first-order valence-electron chi connectivity index (χ1n) is 7.57. The number of halogens is 1. The fraction of sp³-hybridized carbons (Fsp3) is 0.222. The first kappa shape index (κ1) is 18.8. The molecular formula is C18H19BrN2O4. The smallest absolute Gasteiger partial charge is 0.258 e. The van der Waals surface area contributed by atoms with Crippen molar-refractivity contribution in [2.45, 2.75) is 6.92 Å². The van der Waals surface area contributed by atoms with Crippen molar-refractivity contribution in [1.29, 1.82) is 0 Å². The molecular weight excluding hydrogens is 388 g/mol. The van der Waals surface area contributed by atoms with Crippen LogP contribution in [-0.4, -0.2) is 32.1 Å². The van der Waals surface area contributed by atoms with Crippen molar-refractivity contribution in [3.63, 3.8) is 0 Å². The Kier molecular flexibility index (Phi) is 6.82. The molecule has 25 heavy (non-hydrogen) atoms. The van der Waals surface area contributed by atoms with Crippen LogP contribution in [0, 0.1) is 6.92 Å². The Morgan fingerprint density at radius 2 is 1.80 bits per heavy atom. The molecule has 2 aromatic carbocycles. The number of anilines is 1. The van der Waals surface area contributed by atoms with Gasteiger partial charge in [-0.15, -0.1) is 0 Å². The van der Waals surface area contributed by atoms with E-state index in [-0.39, 0.29) is 25.0 Å². The molecule has 0 radical (unpaired) electrons. The summed E-state index contributed by atoms with van der Waals surface area (Å²) in [6, 6.07) is 12.6. The van der Waals surface area contributed by atoms with Crippen LogP contribution >= 0.6 is 15.9 Å². The Hall–Kier alpha value is -2.54. The van der Waals surface area contributed by atoms with E-state index in [9.17, 15) is 9.59 Å². The lowest BCUT2D eigenvalue weighted by atomic mass is 10.2. The van der Waals surface area contributed by atoms with Crippen LogP contribution in [0.25, 0.3) is 0 Å². The summed E-state index contributed by atoms with van der Waals surface area (Å²) in [6.07, 6.45) is 0. The third-order valence-corrected chi connectivity index (χ3v) is 3.79. The summed E-state index contributed by atoms with van der Waals surface area (Å²) in [6.45, 7) is 1.60. The van der Waals surface area contributed by atoms with Gasteiger partial charge in [0.1, 0.15) is 11.5 Å². The number of benzene rings is 2. The second-order valence-electron chi connectivity index (χ2n) is 5.27. The molecule has 0 saturated carbocycles. The molecule has 6 nitrogen and oxygen atoms in total. The zero-order chi connectivity index (χ0) is 18.2. The van der Waals surface area contributed by atoms with Crippen LogP contribution in [0.15, 0.2) is 46.9 Å². The molecule has 0 heterocycles. The molecule has 0 aliphatic heterocycles. The summed E-state index contributed by atoms with van der Waals surface area (Å²) in [5, 5.41) is 5.22.